The highest BCUT2D eigenvalue weighted by Gasteiger charge is 2.10. The second-order valence-corrected chi connectivity index (χ2v) is 6.67. The van der Waals surface area contributed by atoms with Crippen LogP contribution >= 0.6 is 11.8 Å². The van der Waals surface area contributed by atoms with Gasteiger partial charge in [0.15, 0.2) is 0 Å². The first-order valence-corrected chi connectivity index (χ1v) is 8.66. The van der Waals surface area contributed by atoms with Crippen LogP contribution in [0.1, 0.15) is 31.7 Å². The number of nitrogens with zero attached hydrogens (tertiary/aromatic N) is 1. The molecule has 1 aromatic carbocycles. The lowest BCUT2D eigenvalue weighted by molar-refractivity contribution is 0.578. The summed E-state index contributed by atoms with van der Waals surface area (Å²) in [4.78, 5) is 2.51. The molecule has 1 aromatic rings. The average Bonchev–Trinajstić information content (AvgIpc) is 2.48. The third kappa shape index (κ3) is 4.73. The molecule has 2 rings (SSSR count). The van der Waals surface area contributed by atoms with Crippen LogP contribution in [0.4, 0.5) is 5.69 Å². The third-order valence-corrected chi connectivity index (χ3v) is 4.79. The fourth-order valence-electron chi connectivity index (χ4n) is 2.48. The molecule has 3 heteroatoms. The molecule has 0 amide bonds. The Labute approximate surface area is 122 Å². The van der Waals surface area contributed by atoms with Crippen LogP contribution in [0.25, 0.3) is 0 Å². The summed E-state index contributed by atoms with van der Waals surface area (Å²) in [6.45, 7) is 6.77. The van der Waals surface area contributed by atoms with Gasteiger partial charge < -0.3 is 10.2 Å². The first-order chi connectivity index (χ1) is 9.29. The number of hydrogen-bond donors (Lipinski definition) is 1. The highest BCUT2D eigenvalue weighted by Crippen LogP contribution is 2.20. The molecule has 0 radical (unpaired) electrons. The van der Waals surface area contributed by atoms with Crippen LogP contribution < -0.4 is 10.2 Å². The van der Waals surface area contributed by atoms with E-state index in [2.05, 4.69) is 47.7 Å². The van der Waals surface area contributed by atoms with E-state index in [0.29, 0.717) is 5.25 Å². The van der Waals surface area contributed by atoms with Crippen molar-refractivity contribution in [2.24, 2.45) is 0 Å². The predicted octanol–water partition coefficient (Wildman–Crippen LogP) is 3.52. The summed E-state index contributed by atoms with van der Waals surface area (Å²) in [6, 6.07) is 9.09. The molecule has 1 atom stereocenters. The van der Waals surface area contributed by atoms with Gasteiger partial charge in [-0.25, -0.2) is 0 Å². The summed E-state index contributed by atoms with van der Waals surface area (Å²) >= 11 is 1.91. The van der Waals surface area contributed by atoms with E-state index in [1.165, 1.54) is 43.6 Å². The van der Waals surface area contributed by atoms with Crippen LogP contribution in [-0.4, -0.2) is 31.1 Å². The summed E-state index contributed by atoms with van der Waals surface area (Å²) < 4.78 is 0. The Morgan fingerprint density at radius 3 is 2.47 bits per heavy atom. The Morgan fingerprint density at radius 1 is 1.16 bits per heavy atom. The van der Waals surface area contributed by atoms with Crippen LogP contribution in [0.3, 0.4) is 0 Å². The van der Waals surface area contributed by atoms with Crippen molar-refractivity contribution in [2.75, 3.05) is 30.8 Å². The molecule has 106 valence electrons. The van der Waals surface area contributed by atoms with Crippen molar-refractivity contribution >= 4 is 17.4 Å². The molecule has 0 aliphatic carbocycles. The fraction of sp³-hybridized carbons (Fsp3) is 0.625. The van der Waals surface area contributed by atoms with E-state index < -0.39 is 0 Å². The minimum atomic E-state index is 0.688. The van der Waals surface area contributed by atoms with E-state index in [1.54, 1.807) is 0 Å². The van der Waals surface area contributed by atoms with Crippen molar-refractivity contribution < 1.29 is 0 Å². The van der Waals surface area contributed by atoms with Crippen molar-refractivity contribution in [1.82, 2.24) is 5.32 Å². The van der Waals surface area contributed by atoms with Crippen molar-refractivity contribution in [1.29, 1.82) is 0 Å². The van der Waals surface area contributed by atoms with Gasteiger partial charge >= 0.3 is 0 Å². The Morgan fingerprint density at radius 2 is 1.84 bits per heavy atom. The van der Waals surface area contributed by atoms with Crippen LogP contribution in [0.2, 0.25) is 0 Å². The molecule has 0 aromatic heterocycles. The van der Waals surface area contributed by atoms with E-state index in [1.807, 2.05) is 11.8 Å². The number of piperidine rings is 1. The minimum Gasteiger partial charge on any atom is -0.372 e. The topological polar surface area (TPSA) is 15.3 Å². The predicted molar refractivity (Wildman–Crippen MR) is 87.2 cm³/mol. The SMILES string of the molecule is CSC(C)CNCc1ccc(N2CCCCC2)cc1. The molecule has 1 heterocycles. The lowest BCUT2D eigenvalue weighted by Gasteiger charge is -2.28. The van der Waals surface area contributed by atoms with E-state index in [9.17, 15) is 0 Å². The quantitative estimate of drug-likeness (QED) is 0.857. The zero-order valence-corrected chi connectivity index (χ0v) is 13.0. The molecule has 0 spiro atoms. The molecular formula is C16H26N2S. The smallest absolute Gasteiger partial charge is 0.0366 e. The molecule has 0 saturated carbocycles. The average molecular weight is 278 g/mol. The van der Waals surface area contributed by atoms with E-state index in [-0.39, 0.29) is 0 Å². The van der Waals surface area contributed by atoms with Gasteiger partial charge in [0, 0.05) is 37.1 Å². The first kappa shape index (κ1) is 14.7. The summed E-state index contributed by atoms with van der Waals surface area (Å²) in [5, 5.41) is 4.20. The van der Waals surface area contributed by atoms with Crippen molar-refractivity contribution in [3.63, 3.8) is 0 Å². The third-order valence-electron chi connectivity index (χ3n) is 3.82. The summed E-state index contributed by atoms with van der Waals surface area (Å²) in [5.41, 5.74) is 2.77. The molecule has 19 heavy (non-hydrogen) atoms. The van der Waals surface area contributed by atoms with Crippen LogP contribution in [-0.2, 0) is 6.54 Å². The monoisotopic (exact) mass is 278 g/mol. The molecule has 0 bridgehead atoms. The highest BCUT2D eigenvalue weighted by molar-refractivity contribution is 7.99. The van der Waals surface area contributed by atoms with E-state index in [0.717, 1.165) is 13.1 Å². The van der Waals surface area contributed by atoms with Gasteiger partial charge in [-0.2, -0.15) is 11.8 Å². The van der Waals surface area contributed by atoms with Gasteiger partial charge in [0.1, 0.15) is 0 Å². The number of thioether (sulfide) groups is 1. The number of nitrogens with one attached hydrogen (secondary N) is 1. The summed E-state index contributed by atoms with van der Waals surface area (Å²) in [5.74, 6) is 0. The highest BCUT2D eigenvalue weighted by atomic mass is 32.2. The molecular weight excluding hydrogens is 252 g/mol. The molecule has 1 saturated heterocycles. The Hall–Kier alpha value is -0.670. The van der Waals surface area contributed by atoms with Crippen molar-refractivity contribution in [2.45, 2.75) is 38.0 Å². The molecule has 2 nitrogen and oxygen atoms in total. The van der Waals surface area contributed by atoms with Gasteiger partial charge in [-0.05, 0) is 43.2 Å². The van der Waals surface area contributed by atoms with Gasteiger partial charge in [0.25, 0.3) is 0 Å². The maximum atomic E-state index is 3.52. The maximum Gasteiger partial charge on any atom is 0.0366 e. The van der Waals surface area contributed by atoms with E-state index in [4.69, 9.17) is 0 Å². The summed E-state index contributed by atoms with van der Waals surface area (Å²) in [7, 11) is 0. The Bertz CT molecular complexity index is 358. The fourth-order valence-corrected chi connectivity index (χ4v) is 2.76. The normalized spacial score (nSPS) is 17.5. The van der Waals surface area contributed by atoms with Gasteiger partial charge in [-0.3, -0.25) is 0 Å². The van der Waals surface area contributed by atoms with Gasteiger partial charge in [-0.1, -0.05) is 19.1 Å². The zero-order chi connectivity index (χ0) is 13.5. The Balaban J connectivity index is 1.80. The van der Waals surface area contributed by atoms with Crippen molar-refractivity contribution in [3.05, 3.63) is 29.8 Å². The second kappa shape index (κ2) is 7.81. The number of hydrogen-bond acceptors (Lipinski definition) is 3. The van der Waals surface area contributed by atoms with Gasteiger partial charge in [-0.15, -0.1) is 0 Å². The molecule has 1 unspecified atom stereocenters. The van der Waals surface area contributed by atoms with Crippen LogP contribution in [0, 0.1) is 0 Å². The number of benzene rings is 1. The first-order valence-electron chi connectivity index (χ1n) is 7.37. The van der Waals surface area contributed by atoms with E-state index >= 15 is 0 Å². The van der Waals surface area contributed by atoms with Crippen LogP contribution in [0.5, 0.6) is 0 Å². The van der Waals surface area contributed by atoms with Crippen LogP contribution in [0.15, 0.2) is 24.3 Å². The Kier molecular flexibility index (Phi) is 6.05. The molecule has 1 aliphatic rings. The number of anilines is 1. The minimum absolute atomic E-state index is 0.688. The standard InChI is InChI=1S/C16H26N2S/c1-14(19-2)12-17-13-15-6-8-16(9-7-15)18-10-4-3-5-11-18/h6-9,14,17H,3-5,10-13H2,1-2H3. The van der Waals surface area contributed by atoms with Gasteiger partial charge in [0.2, 0.25) is 0 Å². The second-order valence-electron chi connectivity index (χ2n) is 5.39. The van der Waals surface area contributed by atoms with Crippen molar-refractivity contribution in [3.8, 4) is 0 Å². The van der Waals surface area contributed by atoms with Gasteiger partial charge in [0.05, 0.1) is 0 Å². The summed E-state index contributed by atoms with van der Waals surface area (Å²) in [6.07, 6.45) is 6.25. The number of rotatable bonds is 6. The largest absolute Gasteiger partial charge is 0.372 e. The lowest BCUT2D eigenvalue weighted by Crippen LogP contribution is -2.29. The molecule has 1 N–H and O–H groups in total. The molecule has 1 fully saturated rings. The lowest BCUT2D eigenvalue weighted by atomic mass is 10.1. The maximum absolute atomic E-state index is 3.52. The molecule has 1 aliphatic heterocycles. The zero-order valence-electron chi connectivity index (χ0n) is 12.2.